The second-order valence-corrected chi connectivity index (χ2v) is 3.69. The summed E-state index contributed by atoms with van der Waals surface area (Å²) in [5.41, 5.74) is 0. The lowest BCUT2D eigenvalue weighted by atomic mass is 10.4. The summed E-state index contributed by atoms with van der Waals surface area (Å²) in [5, 5.41) is 11.1. The maximum atomic E-state index is 5.15. The zero-order chi connectivity index (χ0) is 10.7. The number of aromatic amines is 1. The van der Waals surface area contributed by atoms with Crippen LogP contribution in [0.3, 0.4) is 0 Å². The van der Waals surface area contributed by atoms with Gasteiger partial charge in [-0.25, -0.2) is 0 Å². The molecular formula is C9H13N5S. The minimum Gasteiger partial charge on any atom is -0.303 e. The Kier molecular flexibility index (Phi) is 2.96. The first-order valence-electron chi connectivity index (χ1n) is 4.92. The van der Waals surface area contributed by atoms with Crippen molar-refractivity contribution in [3.8, 4) is 0 Å². The molecule has 80 valence electrons. The lowest BCUT2D eigenvalue weighted by molar-refractivity contribution is 0.580. The van der Waals surface area contributed by atoms with Crippen molar-refractivity contribution in [1.82, 2.24) is 24.5 Å². The van der Waals surface area contributed by atoms with E-state index in [1.165, 1.54) is 0 Å². The largest absolute Gasteiger partial charge is 0.303 e. The molecule has 1 N–H and O–H groups in total. The van der Waals surface area contributed by atoms with E-state index in [0.717, 1.165) is 18.8 Å². The van der Waals surface area contributed by atoms with Crippen LogP contribution in [0.4, 0.5) is 0 Å². The fraction of sp³-hybridized carbons (Fsp3) is 0.444. The van der Waals surface area contributed by atoms with E-state index >= 15 is 0 Å². The molecule has 0 aliphatic rings. The topological polar surface area (TPSA) is 51.4 Å². The van der Waals surface area contributed by atoms with Crippen molar-refractivity contribution in [2.45, 2.75) is 26.4 Å². The van der Waals surface area contributed by atoms with Crippen LogP contribution in [-0.2, 0) is 13.1 Å². The molecule has 0 radical (unpaired) electrons. The first kappa shape index (κ1) is 10.1. The third-order valence-electron chi connectivity index (χ3n) is 2.15. The minimum absolute atomic E-state index is 0.653. The number of H-pyrrole nitrogens is 1. The minimum atomic E-state index is 0.653. The molecule has 6 heteroatoms. The monoisotopic (exact) mass is 223 g/mol. The molecule has 0 amide bonds. The van der Waals surface area contributed by atoms with Crippen molar-refractivity contribution in [3.05, 3.63) is 29.1 Å². The van der Waals surface area contributed by atoms with Crippen LogP contribution in [0.25, 0.3) is 0 Å². The molecule has 0 aromatic carbocycles. The molecule has 0 saturated heterocycles. The number of hydrogen-bond acceptors (Lipinski definition) is 3. The Bertz CT molecular complexity index is 467. The first-order chi connectivity index (χ1) is 7.31. The Hall–Kier alpha value is -1.43. The Morgan fingerprint density at radius 1 is 1.53 bits per heavy atom. The van der Waals surface area contributed by atoms with Crippen LogP contribution in [0, 0.1) is 4.77 Å². The van der Waals surface area contributed by atoms with E-state index in [1.54, 1.807) is 6.20 Å². The van der Waals surface area contributed by atoms with E-state index in [2.05, 4.69) is 22.2 Å². The molecule has 0 bridgehead atoms. The van der Waals surface area contributed by atoms with Gasteiger partial charge in [-0.05, 0) is 24.7 Å². The van der Waals surface area contributed by atoms with E-state index in [9.17, 15) is 0 Å². The van der Waals surface area contributed by atoms with Gasteiger partial charge in [0.2, 0.25) is 0 Å². The summed E-state index contributed by atoms with van der Waals surface area (Å²) in [6.07, 6.45) is 4.71. The van der Waals surface area contributed by atoms with Gasteiger partial charge in [-0.1, -0.05) is 6.92 Å². The predicted molar refractivity (Wildman–Crippen MR) is 59.0 cm³/mol. The molecule has 0 fully saturated rings. The van der Waals surface area contributed by atoms with Gasteiger partial charge in [-0.2, -0.15) is 10.2 Å². The Morgan fingerprint density at radius 2 is 2.40 bits per heavy atom. The van der Waals surface area contributed by atoms with Crippen LogP contribution < -0.4 is 0 Å². The number of rotatable bonds is 4. The molecule has 2 aromatic rings. The highest BCUT2D eigenvalue weighted by molar-refractivity contribution is 7.71. The number of aromatic nitrogens is 5. The van der Waals surface area contributed by atoms with Gasteiger partial charge in [0, 0.05) is 18.9 Å². The fourth-order valence-electron chi connectivity index (χ4n) is 1.46. The highest BCUT2D eigenvalue weighted by Gasteiger charge is 2.05. The Morgan fingerprint density at radius 3 is 3.07 bits per heavy atom. The van der Waals surface area contributed by atoms with Gasteiger partial charge in [0.05, 0.1) is 0 Å². The zero-order valence-corrected chi connectivity index (χ0v) is 9.37. The highest BCUT2D eigenvalue weighted by Crippen LogP contribution is 2.01. The van der Waals surface area contributed by atoms with E-state index in [0.29, 0.717) is 11.3 Å². The summed E-state index contributed by atoms with van der Waals surface area (Å²) in [4.78, 5) is 0. The standard InChI is InChI=1S/C9H13N5S/c1-2-5-14-8(11-12-9(14)15)7-13-6-3-4-10-13/h3-4,6H,2,5,7H2,1H3,(H,12,15). The van der Waals surface area contributed by atoms with Gasteiger partial charge in [0.25, 0.3) is 0 Å². The smallest absolute Gasteiger partial charge is 0.195 e. The summed E-state index contributed by atoms with van der Waals surface area (Å²) in [7, 11) is 0. The second-order valence-electron chi connectivity index (χ2n) is 3.30. The molecule has 2 rings (SSSR count). The molecule has 0 spiro atoms. The van der Waals surface area contributed by atoms with Crippen LogP contribution in [0.15, 0.2) is 18.5 Å². The van der Waals surface area contributed by atoms with Crippen LogP contribution in [0.2, 0.25) is 0 Å². The van der Waals surface area contributed by atoms with Crippen molar-refractivity contribution in [1.29, 1.82) is 0 Å². The molecule has 5 nitrogen and oxygen atoms in total. The average Bonchev–Trinajstić information content (AvgIpc) is 2.83. The van der Waals surface area contributed by atoms with Crippen LogP contribution in [0.5, 0.6) is 0 Å². The lowest BCUT2D eigenvalue weighted by Crippen LogP contribution is -2.09. The molecule has 0 aliphatic heterocycles. The predicted octanol–water partition coefficient (Wildman–Crippen LogP) is 1.60. The maximum Gasteiger partial charge on any atom is 0.195 e. The summed E-state index contributed by atoms with van der Waals surface area (Å²) in [6.45, 7) is 3.67. The summed E-state index contributed by atoms with van der Waals surface area (Å²) in [6, 6.07) is 1.89. The number of nitrogens with zero attached hydrogens (tertiary/aromatic N) is 4. The van der Waals surface area contributed by atoms with E-state index < -0.39 is 0 Å². The average molecular weight is 223 g/mol. The van der Waals surface area contributed by atoms with Gasteiger partial charge in [-0.15, -0.1) is 0 Å². The van der Waals surface area contributed by atoms with Gasteiger partial charge < -0.3 is 4.57 Å². The Balaban J connectivity index is 2.24. The molecule has 0 aliphatic carbocycles. The molecule has 0 atom stereocenters. The molecule has 0 saturated carbocycles. The summed E-state index contributed by atoms with van der Waals surface area (Å²) >= 11 is 5.15. The SMILES string of the molecule is CCCn1c(Cn2cccn2)n[nH]c1=S. The van der Waals surface area contributed by atoms with E-state index in [-0.39, 0.29) is 0 Å². The molecule has 2 heterocycles. The van der Waals surface area contributed by atoms with Crippen LogP contribution in [-0.4, -0.2) is 24.5 Å². The van der Waals surface area contributed by atoms with Gasteiger partial charge >= 0.3 is 0 Å². The van der Waals surface area contributed by atoms with Crippen LogP contribution in [0.1, 0.15) is 19.2 Å². The third kappa shape index (κ3) is 2.15. The van der Waals surface area contributed by atoms with Crippen molar-refractivity contribution < 1.29 is 0 Å². The molecule has 2 aromatic heterocycles. The number of hydrogen-bond donors (Lipinski definition) is 1. The van der Waals surface area contributed by atoms with Crippen molar-refractivity contribution >= 4 is 12.2 Å². The maximum absolute atomic E-state index is 5.15. The van der Waals surface area contributed by atoms with E-state index in [1.807, 2.05) is 21.5 Å². The van der Waals surface area contributed by atoms with Gasteiger partial charge in [0.15, 0.2) is 10.6 Å². The molecule has 15 heavy (non-hydrogen) atoms. The highest BCUT2D eigenvalue weighted by atomic mass is 32.1. The van der Waals surface area contributed by atoms with Gasteiger partial charge in [-0.3, -0.25) is 9.78 Å². The summed E-state index contributed by atoms with van der Waals surface area (Å²) < 4.78 is 4.52. The lowest BCUT2D eigenvalue weighted by Gasteiger charge is -2.04. The molecule has 0 unspecified atom stereocenters. The van der Waals surface area contributed by atoms with Gasteiger partial charge in [0.1, 0.15) is 6.54 Å². The first-order valence-corrected chi connectivity index (χ1v) is 5.33. The van der Waals surface area contributed by atoms with E-state index in [4.69, 9.17) is 12.2 Å². The zero-order valence-electron chi connectivity index (χ0n) is 8.55. The number of nitrogens with one attached hydrogen (secondary N) is 1. The summed E-state index contributed by atoms with van der Waals surface area (Å²) in [5.74, 6) is 0.922. The Labute approximate surface area is 92.7 Å². The van der Waals surface area contributed by atoms with Crippen molar-refractivity contribution in [2.75, 3.05) is 0 Å². The molecular weight excluding hydrogens is 210 g/mol. The quantitative estimate of drug-likeness (QED) is 0.801. The van der Waals surface area contributed by atoms with Crippen molar-refractivity contribution in [3.63, 3.8) is 0 Å². The van der Waals surface area contributed by atoms with Crippen LogP contribution >= 0.6 is 12.2 Å². The fourth-order valence-corrected chi connectivity index (χ4v) is 1.71. The normalized spacial score (nSPS) is 10.7. The second kappa shape index (κ2) is 4.39. The third-order valence-corrected chi connectivity index (χ3v) is 2.46. The van der Waals surface area contributed by atoms with Crippen molar-refractivity contribution in [2.24, 2.45) is 0 Å².